The highest BCUT2D eigenvalue weighted by Gasteiger charge is 2.25. The van der Waals surface area contributed by atoms with Crippen LogP contribution in [0.5, 0.6) is 0 Å². The average molecular weight is 331 g/mol. The van der Waals surface area contributed by atoms with E-state index < -0.39 is 0 Å². The fraction of sp³-hybridized carbons (Fsp3) is 0.579. The minimum absolute atomic E-state index is 0.0355. The van der Waals surface area contributed by atoms with Crippen molar-refractivity contribution < 1.29 is 9.59 Å². The average Bonchev–Trinajstić information content (AvgIpc) is 2.55. The first-order valence-corrected chi connectivity index (χ1v) is 8.82. The molecule has 2 N–H and O–H groups in total. The lowest BCUT2D eigenvalue weighted by atomic mass is 9.88. The van der Waals surface area contributed by atoms with Gasteiger partial charge in [-0.1, -0.05) is 44.2 Å². The van der Waals surface area contributed by atoms with E-state index in [0.29, 0.717) is 24.9 Å². The molecule has 0 aromatic heterocycles. The molecule has 1 aliphatic heterocycles. The summed E-state index contributed by atoms with van der Waals surface area (Å²) < 4.78 is 0. The second-order valence-electron chi connectivity index (χ2n) is 6.93. The highest BCUT2D eigenvalue weighted by Crippen LogP contribution is 2.23. The topological polar surface area (TPSA) is 61.4 Å². The third-order valence-corrected chi connectivity index (χ3v) is 4.62. The SMILES string of the molecule is CC(=O)NC1CCCN(C(=O)NCC(c2ccccc2)C(C)C)C1. The molecule has 1 heterocycles. The Morgan fingerprint density at radius 2 is 1.96 bits per heavy atom. The van der Waals surface area contributed by atoms with E-state index in [9.17, 15) is 9.59 Å². The maximum atomic E-state index is 12.5. The van der Waals surface area contributed by atoms with Crippen molar-refractivity contribution in [2.45, 2.75) is 45.6 Å². The van der Waals surface area contributed by atoms with Crippen molar-refractivity contribution >= 4 is 11.9 Å². The largest absolute Gasteiger partial charge is 0.352 e. The number of likely N-dealkylation sites (tertiary alicyclic amines) is 1. The molecule has 1 fully saturated rings. The molecule has 0 saturated carbocycles. The fourth-order valence-electron chi connectivity index (χ4n) is 3.31. The molecule has 0 spiro atoms. The van der Waals surface area contributed by atoms with Crippen LogP contribution in [0.15, 0.2) is 30.3 Å². The Balaban J connectivity index is 1.90. The van der Waals surface area contributed by atoms with Crippen molar-refractivity contribution in [1.29, 1.82) is 0 Å². The molecule has 1 aliphatic rings. The lowest BCUT2D eigenvalue weighted by Crippen LogP contribution is -2.52. The summed E-state index contributed by atoms with van der Waals surface area (Å²) in [6.07, 6.45) is 1.85. The van der Waals surface area contributed by atoms with Crippen molar-refractivity contribution in [3.63, 3.8) is 0 Å². The van der Waals surface area contributed by atoms with Crippen molar-refractivity contribution in [2.24, 2.45) is 5.92 Å². The summed E-state index contributed by atoms with van der Waals surface area (Å²) in [6.45, 7) is 7.84. The van der Waals surface area contributed by atoms with E-state index in [0.717, 1.165) is 19.4 Å². The number of amides is 3. The first-order valence-electron chi connectivity index (χ1n) is 8.82. The second-order valence-corrected chi connectivity index (χ2v) is 6.93. The molecule has 132 valence electrons. The Morgan fingerprint density at radius 1 is 1.25 bits per heavy atom. The van der Waals surface area contributed by atoms with Crippen LogP contribution in [-0.4, -0.2) is 42.5 Å². The summed E-state index contributed by atoms with van der Waals surface area (Å²) in [5, 5.41) is 6.00. The first-order chi connectivity index (χ1) is 11.5. The normalized spacial score (nSPS) is 19.0. The number of carbonyl (C=O) groups excluding carboxylic acids is 2. The lowest BCUT2D eigenvalue weighted by Gasteiger charge is -2.33. The second kappa shape index (κ2) is 8.71. The van der Waals surface area contributed by atoms with Crippen molar-refractivity contribution in [3.05, 3.63) is 35.9 Å². The number of piperidine rings is 1. The van der Waals surface area contributed by atoms with Gasteiger partial charge in [0.2, 0.25) is 5.91 Å². The molecule has 1 aromatic rings. The third-order valence-electron chi connectivity index (χ3n) is 4.62. The Labute approximate surface area is 144 Å². The van der Waals surface area contributed by atoms with Gasteiger partial charge >= 0.3 is 6.03 Å². The van der Waals surface area contributed by atoms with Crippen LogP contribution in [-0.2, 0) is 4.79 Å². The Morgan fingerprint density at radius 3 is 2.58 bits per heavy atom. The smallest absolute Gasteiger partial charge is 0.317 e. The molecule has 24 heavy (non-hydrogen) atoms. The van der Waals surface area contributed by atoms with Gasteiger partial charge in [0.05, 0.1) is 0 Å². The van der Waals surface area contributed by atoms with Gasteiger partial charge in [-0.3, -0.25) is 4.79 Å². The number of rotatable bonds is 5. The van der Waals surface area contributed by atoms with Crippen LogP contribution in [0, 0.1) is 5.92 Å². The predicted octanol–water partition coefficient (Wildman–Crippen LogP) is 2.74. The summed E-state index contributed by atoms with van der Waals surface area (Å²) in [4.78, 5) is 25.5. The van der Waals surface area contributed by atoms with Gasteiger partial charge in [0.1, 0.15) is 0 Å². The number of hydrogen-bond acceptors (Lipinski definition) is 2. The zero-order valence-electron chi connectivity index (χ0n) is 14.9. The van der Waals surface area contributed by atoms with Crippen LogP contribution in [0.1, 0.15) is 45.1 Å². The zero-order chi connectivity index (χ0) is 17.5. The Kier molecular flexibility index (Phi) is 6.64. The molecule has 0 radical (unpaired) electrons. The summed E-state index contributed by atoms with van der Waals surface area (Å²) in [5.74, 6) is 0.707. The van der Waals surface area contributed by atoms with Crippen LogP contribution in [0.3, 0.4) is 0 Å². The van der Waals surface area contributed by atoms with Crippen molar-refractivity contribution in [2.75, 3.05) is 19.6 Å². The van der Waals surface area contributed by atoms with E-state index in [1.165, 1.54) is 12.5 Å². The standard InChI is InChI=1S/C19H29N3O2/c1-14(2)18(16-8-5-4-6-9-16)12-20-19(24)22-11-7-10-17(13-22)21-15(3)23/h4-6,8-9,14,17-18H,7,10-13H2,1-3H3,(H,20,24)(H,21,23). The van der Waals surface area contributed by atoms with Gasteiger partial charge in [-0.25, -0.2) is 4.79 Å². The van der Waals surface area contributed by atoms with Crippen molar-refractivity contribution in [1.82, 2.24) is 15.5 Å². The van der Waals surface area contributed by atoms with E-state index in [1.54, 1.807) is 0 Å². The van der Waals surface area contributed by atoms with E-state index in [-0.39, 0.29) is 18.0 Å². The van der Waals surface area contributed by atoms with Crippen LogP contribution in [0.2, 0.25) is 0 Å². The highest BCUT2D eigenvalue weighted by atomic mass is 16.2. The molecule has 3 amide bonds. The van der Waals surface area contributed by atoms with E-state index >= 15 is 0 Å². The lowest BCUT2D eigenvalue weighted by molar-refractivity contribution is -0.119. The van der Waals surface area contributed by atoms with E-state index in [1.807, 2.05) is 23.1 Å². The number of benzene rings is 1. The Hall–Kier alpha value is -2.04. The number of hydrogen-bond donors (Lipinski definition) is 2. The van der Waals surface area contributed by atoms with Gasteiger partial charge in [0, 0.05) is 38.5 Å². The molecule has 1 saturated heterocycles. The molecular weight excluding hydrogens is 302 g/mol. The maximum absolute atomic E-state index is 12.5. The molecule has 2 unspecified atom stereocenters. The molecule has 5 heteroatoms. The molecular formula is C19H29N3O2. The van der Waals surface area contributed by atoms with Gasteiger partial charge in [-0.05, 0) is 24.3 Å². The summed E-state index contributed by atoms with van der Waals surface area (Å²) in [5.41, 5.74) is 1.25. The maximum Gasteiger partial charge on any atom is 0.317 e. The van der Waals surface area contributed by atoms with Crippen LogP contribution < -0.4 is 10.6 Å². The molecule has 2 rings (SSSR count). The first kappa shape index (κ1) is 18.3. The number of nitrogens with one attached hydrogen (secondary N) is 2. The van der Waals surface area contributed by atoms with Gasteiger partial charge in [0.25, 0.3) is 0 Å². The molecule has 5 nitrogen and oxygen atoms in total. The van der Waals surface area contributed by atoms with Gasteiger partial charge < -0.3 is 15.5 Å². The van der Waals surface area contributed by atoms with Crippen molar-refractivity contribution in [3.8, 4) is 0 Å². The van der Waals surface area contributed by atoms with Crippen LogP contribution in [0.4, 0.5) is 4.79 Å². The minimum atomic E-state index is -0.0359. The quantitative estimate of drug-likeness (QED) is 0.871. The van der Waals surface area contributed by atoms with Gasteiger partial charge in [-0.15, -0.1) is 0 Å². The minimum Gasteiger partial charge on any atom is -0.352 e. The van der Waals surface area contributed by atoms with Crippen LogP contribution in [0.25, 0.3) is 0 Å². The molecule has 1 aromatic carbocycles. The monoisotopic (exact) mass is 331 g/mol. The number of nitrogens with zero attached hydrogens (tertiary/aromatic N) is 1. The molecule has 2 atom stereocenters. The van der Waals surface area contributed by atoms with E-state index in [4.69, 9.17) is 0 Å². The van der Waals surface area contributed by atoms with Gasteiger partial charge in [0.15, 0.2) is 0 Å². The van der Waals surface area contributed by atoms with E-state index in [2.05, 4.69) is 36.6 Å². The molecule has 0 aliphatic carbocycles. The Bertz CT molecular complexity index is 545. The summed E-state index contributed by atoms with van der Waals surface area (Å²) in [7, 11) is 0. The third kappa shape index (κ3) is 5.25. The summed E-state index contributed by atoms with van der Waals surface area (Å²) >= 11 is 0. The highest BCUT2D eigenvalue weighted by molar-refractivity contribution is 5.75. The van der Waals surface area contributed by atoms with Crippen LogP contribution >= 0.6 is 0 Å². The number of carbonyl (C=O) groups is 2. The fourth-order valence-corrected chi connectivity index (χ4v) is 3.31. The zero-order valence-corrected chi connectivity index (χ0v) is 14.9. The van der Waals surface area contributed by atoms with Gasteiger partial charge in [-0.2, -0.15) is 0 Å². The molecule has 0 bridgehead atoms. The summed E-state index contributed by atoms with van der Waals surface area (Å²) in [6, 6.07) is 10.3. The number of urea groups is 1. The predicted molar refractivity (Wildman–Crippen MR) is 95.8 cm³/mol.